The number of hydrogen-bond acceptors (Lipinski definition) is 7. The number of thiazole rings is 1. The molecule has 5 rings (SSSR count). The number of hydrogen-bond donors (Lipinski definition) is 3. The van der Waals surface area contributed by atoms with Crippen LogP contribution in [-0.4, -0.2) is 30.7 Å². The molecule has 0 amide bonds. The molecule has 4 aromatic rings. The van der Waals surface area contributed by atoms with E-state index in [-0.39, 0.29) is 10.8 Å². The van der Waals surface area contributed by atoms with Crippen LogP contribution in [0.25, 0.3) is 23.0 Å². The van der Waals surface area contributed by atoms with Crippen molar-refractivity contribution in [3.8, 4) is 17.1 Å². The van der Waals surface area contributed by atoms with E-state index in [0.717, 1.165) is 46.5 Å². The van der Waals surface area contributed by atoms with Gasteiger partial charge in [-0.3, -0.25) is 14.8 Å². The Balaban J connectivity index is 1.77. The largest absolute Gasteiger partial charge is 0.493 e. The number of H-pyrrole nitrogens is 1. The predicted molar refractivity (Wildman–Crippen MR) is 110 cm³/mol. The predicted octanol–water partition coefficient (Wildman–Crippen LogP) is 0.921. The normalized spacial score (nSPS) is 15.5. The van der Waals surface area contributed by atoms with Crippen LogP contribution >= 0.6 is 11.3 Å². The fourth-order valence-corrected chi connectivity index (χ4v) is 3.81. The van der Waals surface area contributed by atoms with Crippen molar-refractivity contribution in [1.29, 1.82) is 0 Å². The summed E-state index contributed by atoms with van der Waals surface area (Å²) in [5.74, 6) is -0.158. The monoisotopic (exact) mass is 406 g/mol. The molecule has 0 unspecified atom stereocenters. The molecule has 3 heterocycles. The van der Waals surface area contributed by atoms with E-state index in [9.17, 15) is 9.90 Å². The fraction of sp³-hybridized carbons (Fsp3) is 0.200. The van der Waals surface area contributed by atoms with Crippen LogP contribution in [0.2, 0.25) is 0 Å². The zero-order valence-corrected chi connectivity index (χ0v) is 16.2. The molecule has 1 saturated carbocycles. The van der Waals surface area contributed by atoms with Gasteiger partial charge in [-0.15, -0.1) is 0 Å². The van der Waals surface area contributed by atoms with E-state index < -0.39 is 0 Å². The standard InChI is InChI=1S/C20H18N6O2S/c21-9-11-2-1-3-12(6-11)15-8-17(23-14-4-5-14)26-18(24-15)13(10-22-26)7-16-19(27)25-20(28)29-16/h1-3,6-8,10,14,27H,4-5,9,21H2,(H,25,28). The Bertz CT molecular complexity index is 1400. The minimum absolute atomic E-state index is 0.158. The van der Waals surface area contributed by atoms with Gasteiger partial charge in [0.1, 0.15) is 0 Å². The molecule has 1 aromatic carbocycles. The lowest BCUT2D eigenvalue weighted by Crippen LogP contribution is -2.19. The van der Waals surface area contributed by atoms with Crippen LogP contribution in [0.1, 0.15) is 23.3 Å². The number of rotatable bonds is 4. The highest BCUT2D eigenvalue weighted by molar-refractivity contribution is 7.10. The lowest BCUT2D eigenvalue weighted by molar-refractivity contribution is 0.455. The van der Waals surface area contributed by atoms with Gasteiger partial charge in [-0.1, -0.05) is 29.5 Å². The number of aromatic hydroxyl groups is 1. The quantitative estimate of drug-likeness (QED) is 0.465. The Labute approximate surface area is 168 Å². The molecule has 1 fully saturated rings. The fourth-order valence-electron chi connectivity index (χ4n) is 3.13. The third-order valence-electron chi connectivity index (χ3n) is 4.74. The molecule has 0 atom stereocenters. The van der Waals surface area contributed by atoms with Crippen LogP contribution in [0.15, 0.2) is 46.3 Å². The van der Waals surface area contributed by atoms with Crippen molar-refractivity contribution in [3.63, 3.8) is 0 Å². The number of benzene rings is 1. The van der Waals surface area contributed by atoms with E-state index in [1.807, 2.05) is 30.3 Å². The number of nitrogens with one attached hydrogen (secondary N) is 1. The first-order valence-corrected chi connectivity index (χ1v) is 10.1. The first-order valence-electron chi connectivity index (χ1n) is 9.26. The second-order valence-electron chi connectivity index (χ2n) is 6.97. The SMILES string of the molecule is NCc1cccc(-c2cc(=NC3CC3)n3ncc(=Cc4sc(=O)[nH]c4O)c3n2)c1. The van der Waals surface area contributed by atoms with Gasteiger partial charge in [0, 0.05) is 23.4 Å². The van der Waals surface area contributed by atoms with Crippen molar-refractivity contribution < 1.29 is 5.11 Å². The van der Waals surface area contributed by atoms with Crippen molar-refractivity contribution in [3.05, 3.63) is 67.3 Å². The highest BCUT2D eigenvalue weighted by Gasteiger charge is 2.20. The van der Waals surface area contributed by atoms with Crippen LogP contribution in [0, 0.1) is 0 Å². The van der Waals surface area contributed by atoms with Crippen molar-refractivity contribution in [1.82, 2.24) is 19.6 Å². The number of fused-ring (bicyclic) bond motifs is 1. The second kappa shape index (κ2) is 6.94. The summed E-state index contributed by atoms with van der Waals surface area (Å²) in [7, 11) is 0. The van der Waals surface area contributed by atoms with Gasteiger partial charge in [0.2, 0.25) is 5.88 Å². The molecule has 0 aliphatic heterocycles. The van der Waals surface area contributed by atoms with Crippen LogP contribution in [0.4, 0.5) is 0 Å². The third kappa shape index (κ3) is 3.45. The molecular weight excluding hydrogens is 388 g/mol. The van der Waals surface area contributed by atoms with Gasteiger partial charge in [0.05, 0.1) is 22.8 Å². The van der Waals surface area contributed by atoms with Crippen molar-refractivity contribution >= 4 is 23.1 Å². The van der Waals surface area contributed by atoms with Crippen LogP contribution in [0.5, 0.6) is 5.88 Å². The molecule has 146 valence electrons. The molecule has 0 radical (unpaired) electrons. The van der Waals surface area contributed by atoms with Crippen LogP contribution in [0.3, 0.4) is 0 Å². The van der Waals surface area contributed by atoms with Crippen molar-refractivity contribution in [2.75, 3.05) is 0 Å². The Morgan fingerprint density at radius 2 is 2.24 bits per heavy atom. The summed E-state index contributed by atoms with van der Waals surface area (Å²) >= 11 is 0.933. The van der Waals surface area contributed by atoms with Crippen molar-refractivity contribution in [2.24, 2.45) is 10.7 Å². The topological polar surface area (TPSA) is 122 Å². The molecule has 0 spiro atoms. The van der Waals surface area contributed by atoms with Gasteiger partial charge < -0.3 is 10.8 Å². The third-order valence-corrected chi connectivity index (χ3v) is 5.56. The number of nitrogens with zero attached hydrogens (tertiary/aromatic N) is 4. The maximum absolute atomic E-state index is 11.5. The van der Waals surface area contributed by atoms with Gasteiger partial charge in [-0.25, -0.2) is 4.98 Å². The second-order valence-corrected chi connectivity index (χ2v) is 7.99. The molecule has 0 saturated heterocycles. The molecule has 29 heavy (non-hydrogen) atoms. The number of nitrogens with two attached hydrogens (primary N) is 1. The Kier molecular flexibility index (Phi) is 4.26. The van der Waals surface area contributed by atoms with Crippen LogP contribution in [-0.2, 0) is 6.54 Å². The Hall–Kier alpha value is -3.30. The van der Waals surface area contributed by atoms with Crippen LogP contribution < -0.4 is 21.3 Å². The molecule has 8 nitrogen and oxygen atoms in total. The van der Waals surface area contributed by atoms with Gasteiger partial charge in [-0.2, -0.15) is 9.61 Å². The molecular formula is C20H18N6O2S. The Morgan fingerprint density at radius 3 is 2.97 bits per heavy atom. The summed E-state index contributed by atoms with van der Waals surface area (Å²) in [5, 5.41) is 15.1. The van der Waals surface area contributed by atoms with Gasteiger partial charge in [0.25, 0.3) is 0 Å². The molecule has 0 bridgehead atoms. The number of aromatic nitrogens is 4. The highest BCUT2D eigenvalue weighted by atomic mass is 32.1. The van der Waals surface area contributed by atoms with Gasteiger partial charge in [0.15, 0.2) is 11.1 Å². The molecule has 4 N–H and O–H groups in total. The average Bonchev–Trinajstić information content (AvgIpc) is 3.36. The van der Waals surface area contributed by atoms with Gasteiger partial charge in [-0.05, 0) is 30.5 Å². The number of aromatic amines is 1. The first kappa shape index (κ1) is 17.8. The molecule has 3 aromatic heterocycles. The minimum Gasteiger partial charge on any atom is -0.493 e. The summed E-state index contributed by atoms with van der Waals surface area (Å²) in [4.78, 5) is 23.6. The maximum atomic E-state index is 11.5. The van der Waals surface area contributed by atoms with E-state index >= 15 is 0 Å². The summed E-state index contributed by atoms with van der Waals surface area (Å²) in [6.07, 6.45) is 5.52. The molecule has 1 aliphatic rings. The van der Waals surface area contributed by atoms with Gasteiger partial charge >= 0.3 is 4.87 Å². The van der Waals surface area contributed by atoms with E-state index in [1.165, 1.54) is 0 Å². The van der Waals surface area contributed by atoms with E-state index in [4.69, 9.17) is 15.7 Å². The summed E-state index contributed by atoms with van der Waals surface area (Å²) in [6.45, 7) is 0.451. The zero-order chi connectivity index (χ0) is 20.0. The first-order chi connectivity index (χ1) is 14.1. The van der Waals surface area contributed by atoms with E-state index in [0.29, 0.717) is 28.3 Å². The lowest BCUT2D eigenvalue weighted by atomic mass is 10.1. The lowest BCUT2D eigenvalue weighted by Gasteiger charge is -2.05. The summed E-state index contributed by atoms with van der Waals surface area (Å²) < 4.78 is 1.70. The highest BCUT2D eigenvalue weighted by Crippen LogP contribution is 2.23. The van der Waals surface area contributed by atoms with Crippen molar-refractivity contribution in [2.45, 2.75) is 25.4 Å². The summed E-state index contributed by atoms with van der Waals surface area (Å²) in [6, 6.07) is 10.2. The summed E-state index contributed by atoms with van der Waals surface area (Å²) in [5.41, 5.74) is 9.88. The molecule has 9 heteroatoms. The Morgan fingerprint density at radius 1 is 1.38 bits per heavy atom. The molecule has 1 aliphatic carbocycles. The zero-order valence-electron chi connectivity index (χ0n) is 15.4. The van der Waals surface area contributed by atoms with E-state index in [2.05, 4.69) is 10.1 Å². The average molecular weight is 406 g/mol. The maximum Gasteiger partial charge on any atom is 0.307 e. The minimum atomic E-state index is -0.318. The smallest absolute Gasteiger partial charge is 0.307 e. The van der Waals surface area contributed by atoms with E-state index in [1.54, 1.807) is 16.8 Å².